The molecule has 1 atom stereocenters. The summed E-state index contributed by atoms with van der Waals surface area (Å²) in [5, 5.41) is 5.85. The van der Waals surface area contributed by atoms with Crippen molar-refractivity contribution in [2.75, 3.05) is 18.5 Å². The van der Waals surface area contributed by atoms with Crippen LogP contribution in [0.25, 0.3) is 0 Å². The largest absolute Gasteiger partial charge is 0.462 e. The van der Waals surface area contributed by atoms with Gasteiger partial charge in [0, 0.05) is 23.8 Å². The number of carbonyl (C=O) groups excluding carboxylic acids is 3. The van der Waals surface area contributed by atoms with E-state index in [2.05, 4.69) is 10.6 Å². The Morgan fingerprint density at radius 2 is 1.90 bits per heavy atom. The summed E-state index contributed by atoms with van der Waals surface area (Å²) in [5.41, 5.74) is 2.53. The van der Waals surface area contributed by atoms with E-state index in [1.807, 2.05) is 32.9 Å². The number of amides is 3. The molecule has 3 amide bonds. The molecule has 2 aliphatic rings. The van der Waals surface area contributed by atoms with Gasteiger partial charge >= 0.3 is 12.0 Å². The third-order valence-corrected chi connectivity index (χ3v) is 5.27. The summed E-state index contributed by atoms with van der Waals surface area (Å²) in [6.07, 6.45) is 2.66. The molecule has 1 aliphatic heterocycles. The number of hydrogen-bond donors (Lipinski definition) is 2. The fourth-order valence-corrected chi connectivity index (χ4v) is 3.46. The lowest BCUT2D eigenvalue weighted by molar-refractivity contribution is -0.140. The molecular formula is C23H31N3O4. The van der Waals surface area contributed by atoms with Gasteiger partial charge in [-0.25, -0.2) is 9.59 Å². The van der Waals surface area contributed by atoms with Gasteiger partial charge in [0.2, 0.25) is 5.91 Å². The first-order chi connectivity index (χ1) is 14.3. The zero-order chi connectivity index (χ0) is 21.8. The molecule has 0 spiro atoms. The van der Waals surface area contributed by atoms with Crippen molar-refractivity contribution in [1.82, 2.24) is 10.2 Å². The first-order valence-electron chi connectivity index (χ1n) is 10.7. The van der Waals surface area contributed by atoms with Crippen LogP contribution in [0.15, 0.2) is 35.5 Å². The average molecular weight is 414 g/mol. The fraction of sp³-hybridized carbons (Fsp3) is 0.522. The summed E-state index contributed by atoms with van der Waals surface area (Å²) >= 11 is 0. The molecular weight excluding hydrogens is 382 g/mol. The molecule has 1 aromatic rings. The third-order valence-electron chi connectivity index (χ3n) is 5.27. The van der Waals surface area contributed by atoms with Crippen LogP contribution in [0, 0.1) is 11.8 Å². The number of carbonyl (C=O) groups is 3. The zero-order valence-corrected chi connectivity index (χ0v) is 18.2. The van der Waals surface area contributed by atoms with Crippen LogP contribution in [0.3, 0.4) is 0 Å². The standard InChI is InChI=1S/C23H31N3O4/c1-5-12-26-15(4)19(22(28)30-13-14(2)3)20(25-23(26)29)16-8-10-18(11-9-16)24-21(27)17-6-7-17/h8-11,14,17,20H,5-7,12-13H2,1-4H3,(H,24,27)(H,25,29). The Hall–Kier alpha value is -2.83. The highest BCUT2D eigenvalue weighted by Gasteiger charge is 2.36. The molecule has 0 aromatic heterocycles. The summed E-state index contributed by atoms with van der Waals surface area (Å²) in [6.45, 7) is 8.57. The summed E-state index contributed by atoms with van der Waals surface area (Å²) in [6, 6.07) is 6.42. The minimum absolute atomic E-state index is 0.0395. The molecule has 30 heavy (non-hydrogen) atoms. The van der Waals surface area contributed by atoms with E-state index >= 15 is 0 Å². The summed E-state index contributed by atoms with van der Waals surface area (Å²) in [5.74, 6) is -0.0385. The second-order valence-corrected chi connectivity index (χ2v) is 8.41. The number of benzene rings is 1. The Labute approximate surface area is 177 Å². The lowest BCUT2D eigenvalue weighted by Gasteiger charge is -2.35. The van der Waals surface area contributed by atoms with Crippen LogP contribution < -0.4 is 10.6 Å². The molecule has 1 fully saturated rings. The van der Waals surface area contributed by atoms with E-state index in [-0.39, 0.29) is 23.8 Å². The molecule has 1 aromatic carbocycles. The molecule has 0 radical (unpaired) electrons. The number of hydrogen-bond acceptors (Lipinski definition) is 4. The number of urea groups is 1. The average Bonchev–Trinajstić information content (AvgIpc) is 3.55. The second kappa shape index (κ2) is 9.32. The van der Waals surface area contributed by atoms with E-state index in [0.29, 0.717) is 30.1 Å². The molecule has 7 heteroatoms. The van der Waals surface area contributed by atoms with E-state index in [0.717, 1.165) is 24.8 Å². The third kappa shape index (κ3) is 5.01. The maximum Gasteiger partial charge on any atom is 0.338 e. The smallest absolute Gasteiger partial charge is 0.338 e. The minimum atomic E-state index is -0.599. The van der Waals surface area contributed by atoms with Gasteiger partial charge in [-0.1, -0.05) is 32.9 Å². The monoisotopic (exact) mass is 413 g/mol. The SMILES string of the molecule is CCCN1C(=O)NC(c2ccc(NC(=O)C3CC3)cc2)C(C(=O)OCC(C)C)=C1C. The Bertz CT molecular complexity index is 841. The number of rotatable bonds is 8. The van der Waals surface area contributed by atoms with Gasteiger partial charge in [-0.2, -0.15) is 0 Å². The number of nitrogens with zero attached hydrogens (tertiary/aromatic N) is 1. The summed E-state index contributed by atoms with van der Waals surface area (Å²) in [4.78, 5) is 39.2. The van der Waals surface area contributed by atoms with E-state index < -0.39 is 12.0 Å². The molecule has 2 N–H and O–H groups in total. The maximum absolute atomic E-state index is 12.9. The molecule has 1 saturated carbocycles. The van der Waals surface area contributed by atoms with Crippen LogP contribution in [-0.2, 0) is 14.3 Å². The summed E-state index contributed by atoms with van der Waals surface area (Å²) in [7, 11) is 0. The van der Waals surface area contributed by atoms with Gasteiger partial charge in [-0.15, -0.1) is 0 Å². The number of allylic oxidation sites excluding steroid dienone is 1. The lowest BCUT2D eigenvalue weighted by Crippen LogP contribution is -2.48. The van der Waals surface area contributed by atoms with Gasteiger partial charge in [0.1, 0.15) is 0 Å². The number of ether oxygens (including phenoxy) is 1. The van der Waals surface area contributed by atoms with Gasteiger partial charge in [0.15, 0.2) is 0 Å². The van der Waals surface area contributed by atoms with Crippen molar-refractivity contribution in [3.05, 3.63) is 41.1 Å². The molecule has 7 nitrogen and oxygen atoms in total. The van der Waals surface area contributed by atoms with Crippen LogP contribution in [0.5, 0.6) is 0 Å². The molecule has 3 rings (SSSR count). The maximum atomic E-state index is 12.9. The lowest BCUT2D eigenvalue weighted by atomic mass is 9.94. The van der Waals surface area contributed by atoms with Crippen molar-refractivity contribution in [3.63, 3.8) is 0 Å². The number of nitrogens with one attached hydrogen (secondary N) is 2. The Morgan fingerprint density at radius 1 is 1.23 bits per heavy atom. The Kier molecular flexibility index (Phi) is 6.80. The predicted octanol–water partition coefficient (Wildman–Crippen LogP) is 3.98. The summed E-state index contributed by atoms with van der Waals surface area (Å²) < 4.78 is 5.50. The van der Waals surface area contributed by atoms with Gasteiger partial charge < -0.3 is 15.4 Å². The van der Waals surface area contributed by atoms with Crippen LogP contribution in [-0.4, -0.2) is 36.0 Å². The Morgan fingerprint density at radius 3 is 2.47 bits per heavy atom. The van der Waals surface area contributed by atoms with E-state index in [1.54, 1.807) is 24.0 Å². The number of anilines is 1. The second-order valence-electron chi connectivity index (χ2n) is 8.41. The van der Waals surface area contributed by atoms with E-state index in [1.165, 1.54) is 0 Å². The molecule has 1 heterocycles. The van der Waals surface area contributed by atoms with E-state index in [9.17, 15) is 14.4 Å². The van der Waals surface area contributed by atoms with Crippen LogP contribution in [0.1, 0.15) is 58.6 Å². The zero-order valence-electron chi connectivity index (χ0n) is 18.2. The van der Waals surface area contributed by atoms with Crippen molar-refractivity contribution in [2.45, 2.75) is 53.0 Å². The van der Waals surface area contributed by atoms with E-state index in [4.69, 9.17) is 4.74 Å². The van der Waals surface area contributed by atoms with Gasteiger partial charge in [0.05, 0.1) is 18.2 Å². The highest BCUT2D eigenvalue weighted by Crippen LogP contribution is 2.33. The fourth-order valence-electron chi connectivity index (χ4n) is 3.46. The van der Waals surface area contributed by atoms with Crippen LogP contribution >= 0.6 is 0 Å². The molecule has 0 bridgehead atoms. The first kappa shape index (κ1) is 21.9. The van der Waals surface area contributed by atoms with Crippen LogP contribution in [0.2, 0.25) is 0 Å². The molecule has 162 valence electrons. The normalized spacial score (nSPS) is 19.0. The number of esters is 1. The van der Waals surface area contributed by atoms with Crippen molar-refractivity contribution in [3.8, 4) is 0 Å². The van der Waals surface area contributed by atoms with Crippen molar-refractivity contribution in [2.24, 2.45) is 11.8 Å². The van der Waals surface area contributed by atoms with Gasteiger partial charge in [-0.3, -0.25) is 9.69 Å². The first-order valence-corrected chi connectivity index (χ1v) is 10.7. The molecule has 1 unspecified atom stereocenters. The van der Waals surface area contributed by atoms with Gasteiger partial charge in [-0.05, 0) is 49.8 Å². The van der Waals surface area contributed by atoms with Gasteiger partial charge in [0.25, 0.3) is 0 Å². The molecule has 0 saturated heterocycles. The quantitative estimate of drug-likeness (QED) is 0.631. The Balaban J connectivity index is 1.86. The minimum Gasteiger partial charge on any atom is -0.462 e. The highest BCUT2D eigenvalue weighted by molar-refractivity contribution is 5.95. The predicted molar refractivity (Wildman–Crippen MR) is 115 cm³/mol. The van der Waals surface area contributed by atoms with Crippen molar-refractivity contribution < 1.29 is 19.1 Å². The van der Waals surface area contributed by atoms with Crippen molar-refractivity contribution >= 4 is 23.6 Å². The van der Waals surface area contributed by atoms with Crippen molar-refractivity contribution in [1.29, 1.82) is 0 Å². The molecule has 1 aliphatic carbocycles. The van der Waals surface area contributed by atoms with Crippen LogP contribution in [0.4, 0.5) is 10.5 Å². The highest BCUT2D eigenvalue weighted by atomic mass is 16.5. The topological polar surface area (TPSA) is 87.7 Å².